The van der Waals surface area contributed by atoms with Crippen molar-refractivity contribution in [2.45, 2.75) is 0 Å². The molecule has 0 atom stereocenters. The van der Waals surface area contributed by atoms with Crippen LogP contribution in [-0.2, 0) is 0 Å². The van der Waals surface area contributed by atoms with Gasteiger partial charge < -0.3 is 0 Å². The Labute approximate surface area is 288 Å². The van der Waals surface area contributed by atoms with Gasteiger partial charge in [-0.1, -0.05) is 133 Å². The summed E-state index contributed by atoms with van der Waals surface area (Å²) in [6.07, 6.45) is 1.89. The molecule has 0 bridgehead atoms. The lowest BCUT2D eigenvalue weighted by Crippen LogP contribution is -1.94. The predicted octanol–water partition coefficient (Wildman–Crippen LogP) is 11.7. The van der Waals surface area contributed by atoms with Gasteiger partial charge in [-0.05, 0) is 52.2 Å². The fraction of sp³-hybridized carbons (Fsp3) is 0. The molecule has 0 radical (unpaired) electrons. The molecule has 6 aromatic carbocycles. The third kappa shape index (κ3) is 4.61. The molecule has 0 aliphatic carbocycles. The van der Waals surface area contributed by atoms with Gasteiger partial charge >= 0.3 is 0 Å². The molecule has 4 heteroatoms. The van der Waals surface area contributed by atoms with E-state index in [4.69, 9.17) is 19.9 Å². The lowest BCUT2D eigenvalue weighted by atomic mass is 9.97. The van der Waals surface area contributed by atoms with E-state index >= 15 is 0 Å². The molecular weight excluding hydrogens is 609 g/mol. The van der Waals surface area contributed by atoms with Gasteiger partial charge in [0.25, 0.3) is 0 Å². The molecule has 4 aromatic heterocycles. The van der Waals surface area contributed by atoms with E-state index in [0.717, 1.165) is 88.5 Å². The van der Waals surface area contributed by atoms with E-state index in [9.17, 15) is 0 Å². The topological polar surface area (TPSA) is 51.6 Å². The van der Waals surface area contributed by atoms with Crippen molar-refractivity contribution in [3.8, 4) is 45.0 Å². The molecule has 0 N–H and O–H groups in total. The van der Waals surface area contributed by atoms with Crippen LogP contribution in [0, 0.1) is 0 Å². The normalized spacial score (nSPS) is 11.6. The summed E-state index contributed by atoms with van der Waals surface area (Å²) in [7, 11) is 0. The van der Waals surface area contributed by atoms with Gasteiger partial charge in [0.2, 0.25) is 0 Å². The Balaban J connectivity index is 1.10. The summed E-state index contributed by atoms with van der Waals surface area (Å²) in [5, 5.41) is 7.87. The van der Waals surface area contributed by atoms with Crippen LogP contribution in [0.5, 0.6) is 0 Å². The third-order valence-corrected chi connectivity index (χ3v) is 9.70. The summed E-state index contributed by atoms with van der Waals surface area (Å²) in [6.45, 7) is 0. The average molecular weight is 637 g/mol. The molecule has 0 unspecified atom stereocenters. The molecule has 10 rings (SSSR count). The van der Waals surface area contributed by atoms with Crippen LogP contribution >= 0.6 is 0 Å². The zero-order valence-electron chi connectivity index (χ0n) is 27.0. The monoisotopic (exact) mass is 636 g/mol. The van der Waals surface area contributed by atoms with Crippen molar-refractivity contribution in [2.24, 2.45) is 0 Å². The van der Waals surface area contributed by atoms with Gasteiger partial charge in [-0.3, -0.25) is 4.98 Å². The highest BCUT2D eigenvalue weighted by atomic mass is 14.8. The molecule has 50 heavy (non-hydrogen) atoms. The summed E-state index contributed by atoms with van der Waals surface area (Å²) in [5.41, 5.74) is 10.7. The minimum absolute atomic E-state index is 0.847. The standard InChI is InChI=1S/C46H28N4/c1-2-11-30(12-3-1)41-25-22-31-21-24-38-34(26-27-47-46(38)43(31)49-41)32-13-8-14-33(28-32)40-18-9-19-42(48-40)45-37-17-7-6-16-36(37)39-23-20-29-10-4-5-15-35(29)44(39)50-45/h1-28H. The molecule has 4 nitrogen and oxygen atoms in total. The average Bonchev–Trinajstić information content (AvgIpc) is 3.20. The zero-order valence-corrected chi connectivity index (χ0v) is 27.0. The molecular formula is C46H28N4. The summed E-state index contributed by atoms with van der Waals surface area (Å²) >= 11 is 0. The predicted molar refractivity (Wildman–Crippen MR) is 207 cm³/mol. The smallest absolute Gasteiger partial charge is 0.0972 e. The van der Waals surface area contributed by atoms with Crippen molar-refractivity contribution >= 4 is 54.3 Å². The highest BCUT2D eigenvalue weighted by Gasteiger charge is 2.15. The van der Waals surface area contributed by atoms with Crippen LogP contribution in [0.4, 0.5) is 0 Å². The number of benzene rings is 6. The largest absolute Gasteiger partial charge is 0.254 e. The molecule has 0 saturated carbocycles. The summed E-state index contributed by atoms with van der Waals surface area (Å²) < 4.78 is 0. The Morgan fingerprint density at radius 1 is 0.320 bits per heavy atom. The number of pyridine rings is 4. The van der Waals surface area contributed by atoms with Gasteiger partial charge in [-0.25, -0.2) is 15.0 Å². The summed E-state index contributed by atoms with van der Waals surface area (Å²) in [4.78, 5) is 20.5. The maximum Gasteiger partial charge on any atom is 0.0972 e. The Bertz CT molecular complexity index is 2930. The fourth-order valence-electron chi connectivity index (χ4n) is 7.28. The zero-order chi connectivity index (χ0) is 33.0. The minimum Gasteiger partial charge on any atom is -0.254 e. The van der Waals surface area contributed by atoms with Gasteiger partial charge in [-0.15, -0.1) is 0 Å². The van der Waals surface area contributed by atoms with E-state index in [0.29, 0.717) is 0 Å². The van der Waals surface area contributed by atoms with Crippen molar-refractivity contribution in [1.82, 2.24) is 19.9 Å². The number of rotatable bonds is 4. The Kier molecular flexibility index (Phi) is 6.46. The van der Waals surface area contributed by atoms with Crippen LogP contribution in [0.1, 0.15) is 0 Å². The molecule has 0 aliphatic heterocycles. The molecule has 232 valence electrons. The molecule has 4 heterocycles. The van der Waals surface area contributed by atoms with Gasteiger partial charge in [0.1, 0.15) is 0 Å². The van der Waals surface area contributed by atoms with E-state index in [1.165, 1.54) is 10.8 Å². The van der Waals surface area contributed by atoms with Gasteiger partial charge in [-0.2, -0.15) is 0 Å². The lowest BCUT2D eigenvalue weighted by Gasteiger charge is -2.13. The molecule has 0 saturated heterocycles. The van der Waals surface area contributed by atoms with E-state index in [-0.39, 0.29) is 0 Å². The molecule has 0 fully saturated rings. The lowest BCUT2D eigenvalue weighted by molar-refractivity contribution is 1.29. The van der Waals surface area contributed by atoms with Crippen molar-refractivity contribution in [3.05, 3.63) is 170 Å². The quantitative estimate of drug-likeness (QED) is 0.180. The first-order valence-corrected chi connectivity index (χ1v) is 16.8. The Morgan fingerprint density at radius 2 is 1.00 bits per heavy atom. The second-order valence-electron chi connectivity index (χ2n) is 12.6. The van der Waals surface area contributed by atoms with Crippen LogP contribution in [0.3, 0.4) is 0 Å². The van der Waals surface area contributed by atoms with Crippen molar-refractivity contribution in [1.29, 1.82) is 0 Å². The van der Waals surface area contributed by atoms with Crippen LogP contribution in [0.15, 0.2) is 170 Å². The van der Waals surface area contributed by atoms with E-state index in [1.807, 2.05) is 24.4 Å². The highest BCUT2D eigenvalue weighted by molar-refractivity contribution is 6.18. The van der Waals surface area contributed by atoms with Crippen LogP contribution in [0.2, 0.25) is 0 Å². The number of hydrogen-bond donors (Lipinski definition) is 0. The summed E-state index contributed by atoms with van der Waals surface area (Å²) in [6, 6.07) is 57.1. The van der Waals surface area contributed by atoms with E-state index < -0.39 is 0 Å². The first-order chi connectivity index (χ1) is 24.8. The fourth-order valence-corrected chi connectivity index (χ4v) is 7.28. The summed E-state index contributed by atoms with van der Waals surface area (Å²) in [5.74, 6) is 0. The molecule has 0 spiro atoms. The van der Waals surface area contributed by atoms with Crippen molar-refractivity contribution in [3.63, 3.8) is 0 Å². The number of aromatic nitrogens is 4. The highest BCUT2D eigenvalue weighted by Crippen LogP contribution is 2.37. The molecule has 0 amide bonds. The number of hydrogen-bond acceptors (Lipinski definition) is 4. The maximum absolute atomic E-state index is 5.31. The van der Waals surface area contributed by atoms with E-state index in [1.54, 1.807) is 0 Å². The Morgan fingerprint density at radius 3 is 1.92 bits per heavy atom. The van der Waals surface area contributed by atoms with Crippen molar-refractivity contribution < 1.29 is 0 Å². The van der Waals surface area contributed by atoms with Crippen LogP contribution in [0.25, 0.3) is 99.3 Å². The first-order valence-electron chi connectivity index (χ1n) is 16.8. The van der Waals surface area contributed by atoms with Crippen LogP contribution < -0.4 is 0 Å². The van der Waals surface area contributed by atoms with Crippen molar-refractivity contribution in [2.75, 3.05) is 0 Å². The van der Waals surface area contributed by atoms with Crippen LogP contribution in [-0.4, -0.2) is 19.9 Å². The van der Waals surface area contributed by atoms with E-state index in [2.05, 4.69) is 146 Å². The maximum atomic E-state index is 5.31. The SMILES string of the molecule is c1ccc(-c2ccc3ccc4c(-c5cccc(-c6cccc(-c7nc8c9ccccc9ccc8c8ccccc78)n6)c5)ccnc4c3n2)cc1. The van der Waals surface area contributed by atoms with Gasteiger partial charge in [0.15, 0.2) is 0 Å². The number of nitrogens with zero attached hydrogens (tertiary/aromatic N) is 4. The molecule has 10 aromatic rings. The second kappa shape index (κ2) is 11.4. The Hall–Kier alpha value is -6.78. The first kappa shape index (κ1) is 28.3. The minimum atomic E-state index is 0.847. The molecule has 0 aliphatic rings. The number of fused-ring (bicyclic) bond motifs is 8. The van der Waals surface area contributed by atoms with Gasteiger partial charge in [0, 0.05) is 44.3 Å². The second-order valence-corrected chi connectivity index (χ2v) is 12.6. The third-order valence-electron chi connectivity index (χ3n) is 9.70. The van der Waals surface area contributed by atoms with Gasteiger partial charge in [0.05, 0.1) is 39.3 Å².